The quantitative estimate of drug-likeness (QED) is 0.716. The number of hydrogen-bond acceptors (Lipinski definition) is 4. The van der Waals surface area contributed by atoms with Crippen LogP contribution < -0.4 is 0 Å². The number of nitriles is 1. The Morgan fingerprint density at radius 3 is 2.40 bits per heavy atom. The maximum absolute atomic E-state index is 11.4. The summed E-state index contributed by atoms with van der Waals surface area (Å²) < 4.78 is 24.0. The van der Waals surface area contributed by atoms with Crippen LogP contribution in [-0.4, -0.2) is 42.6 Å². The van der Waals surface area contributed by atoms with Crippen LogP contribution in [0.4, 0.5) is 0 Å². The number of hydrogen-bond donors (Lipinski definition) is 1. The molecule has 1 N–H and O–H groups in total. The summed E-state index contributed by atoms with van der Waals surface area (Å²) in [7, 11) is -3.50. The summed E-state index contributed by atoms with van der Waals surface area (Å²) in [6.45, 7) is 0.391. The molecule has 0 aliphatic carbocycles. The minimum absolute atomic E-state index is 0.195. The lowest BCUT2D eigenvalue weighted by Gasteiger charge is -2.28. The molecule has 0 amide bonds. The van der Waals surface area contributed by atoms with E-state index in [1.54, 1.807) is 6.07 Å². The van der Waals surface area contributed by atoms with Gasteiger partial charge in [-0.25, -0.2) is 12.7 Å². The molecule has 1 aliphatic heterocycles. The molecule has 1 rings (SSSR count). The standard InChI is InChI=1S/C8H12N2O4S/c9-3-6-15(13,14)10-4-1-7(2-5-10)8(11)12/h7H,1-2,4-6H2,(H,11,12). The molecule has 1 heterocycles. The first-order valence-electron chi connectivity index (χ1n) is 4.55. The minimum Gasteiger partial charge on any atom is -0.481 e. The molecule has 0 spiro atoms. The fraction of sp³-hybridized carbons (Fsp3) is 0.750. The molecular formula is C8H12N2O4S. The molecule has 1 saturated heterocycles. The SMILES string of the molecule is N#CCS(=O)(=O)N1CCC(C(=O)O)CC1. The third-order valence-electron chi connectivity index (χ3n) is 2.44. The summed E-state index contributed by atoms with van der Waals surface area (Å²) in [5.74, 6) is -1.88. The Bertz CT molecular complexity index is 376. The van der Waals surface area contributed by atoms with Gasteiger partial charge in [0.15, 0.2) is 5.75 Å². The molecule has 0 aromatic carbocycles. The highest BCUT2D eigenvalue weighted by Crippen LogP contribution is 2.19. The fourth-order valence-electron chi connectivity index (χ4n) is 1.55. The largest absolute Gasteiger partial charge is 0.481 e. The van der Waals surface area contributed by atoms with Gasteiger partial charge in [0.25, 0.3) is 0 Å². The second-order valence-electron chi connectivity index (χ2n) is 3.43. The van der Waals surface area contributed by atoms with Crippen LogP contribution in [0.2, 0.25) is 0 Å². The first kappa shape index (κ1) is 11.9. The van der Waals surface area contributed by atoms with Crippen molar-refractivity contribution in [1.29, 1.82) is 5.26 Å². The van der Waals surface area contributed by atoms with E-state index in [2.05, 4.69) is 0 Å². The zero-order valence-corrected chi connectivity index (χ0v) is 8.90. The molecule has 84 valence electrons. The molecule has 6 nitrogen and oxygen atoms in total. The van der Waals surface area contributed by atoms with E-state index in [4.69, 9.17) is 10.4 Å². The van der Waals surface area contributed by atoms with Crippen molar-refractivity contribution < 1.29 is 18.3 Å². The third-order valence-corrected chi connectivity index (χ3v) is 4.09. The summed E-state index contributed by atoms with van der Waals surface area (Å²) in [4.78, 5) is 10.6. The van der Waals surface area contributed by atoms with E-state index in [0.717, 1.165) is 0 Å². The van der Waals surface area contributed by atoms with Crippen molar-refractivity contribution in [2.75, 3.05) is 18.8 Å². The number of carboxylic acids is 1. The first-order valence-corrected chi connectivity index (χ1v) is 6.16. The maximum Gasteiger partial charge on any atom is 0.306 e. The molecule has 0 unspecified atom stereocenters. The van der Waals surface area contributed by atoms with Crippen LogP contribution >= 0.6 is 0 Å². The number of nitrogens with zero attached hydrogens (tertiary/aromatic N) is 2. The van der Waals surface area contributed by atoms with E-state index in [1.165, 1.54) is 4.31 Å². The highest BCUT2D eigenvalue weighted by atomic mass is 32.2. The minimum atomic E-state index is -3.50. The molecule has 0 saturated carbocycles. The number of aliphatic carboxylic acids is 1. The lowest BCUT2D eigenvalue weighted by atomic mass is 9.99. The van der Waals surface area contributed by atoms with Gasteiger partial charge in [-0.2, -0.15) is 5.26 Å². The number of carbonyl (C=O) groups is 1. The second kappa shape index (κ2) is 4.59. The molecule has 0 aromatic rings. The normalized spacial score (nSPS) is 19.7. The van der Waals surface area contributed by atoms with Gasteiger partial charge in [-0.15, -0.1) is 0 Å². The molecule has 15 heavy (non-hydrogen) atoms. The Kier molecular flexibility index (Phi) is 3.66. The monoisotopic (exact) mass is 232 g/mol. The van der Waals surface area contributed by atoms with Crippen molar-refractivity contribution in [3.63, 3.8) is 0 Å². The second-order valence-corrected chi connectivity index (χ2v) is 5.39. The average molecular weight is 232 g/mol. The van der Waals surface area contributed by atoms with Gasteiger partial charge in [0.2, 0.25) is 10.0 Å². The summed E-state index contributed by atoms with van der Waals surface area (Å²) in [5, 5.41) is 17.0. The molecule has 1 fully saturated rings. The smallest absolute Gasteiger partial charge is 0.306 e. The molecule has 0 radical (unpaired) electrons. The van der Waals surface area contributed by atoms with Crippen LogP contribution in [0.25, 0.3) is 0 Å². The Morgan fingerprint density at radius 2 is 2.00 bits per heavy atom. The third kappa shape index (κ3) is 2.91. The Labute approximate surface area is 88.2 Å². The van der Waals surface area contributed by atoms with Gasteiger partial charge >= 0.3 is 5.97 Å². The summed E-state index contributed by atoms with van der Waals surface area (Å²) in [5.41, 5.74) is 0. The van der Waals surface area contributed by atoms with Crippen molar-refractivity contribution in [3.8, 4) is 6.07 Å². The van der Waals surface area contributed by atoms with Crippen LogP contribution in [-0.2, 0) is 14.8 Å². The van der Waals surface area contributed by atoms with E-state index in [9.17, 15) is 13.2 Å². The predicted octanol–water partition coefficient (Wildman–Crippen LogP) is -0.364. The van der Waals surface area contributed by atoms with E-state index < -0.39 is 27.7 Å². The molecule has 7 heteroatoms. The number of rotatable bonds is 3. The summed E-state index contributed by atoms with van der Waals surface area (Å²) >= 11 is 0. The fourth-order valence-corrected chi connectivity index (χ4v) is 2.67. The summed E-state index contributed by atoms with van der Waals surface area (Å²) in [6, 6.07) is 1.59. The van der Waals surface area contributed by atoms with Crippen molar-refractivity contribution in [1.82, 2.24) is 4.31 Å². The van der Waals surface area contributed by atoms with Crippen LogP contribution in [0.5, 0.6) is 0 Å². The van der Waals surface area contributed by atoms with Gasteiger partial charge in [0, 0.05) is 13.1 Å². The molecule has 0 aromatic heterocycles. The lowest BCUT2D eigenvalue weighted by Crippen LogP contribution is -2.41. The summed E-state index contributed by atoms with van der Waals surface area (Å²) in [6.07, 6.45) is 0.639. The zero-order valence-electron chi connectivity index (χ0n) is 8.09. The maximum atomic E-state index is 11.4. The van der Waals surface area contributed by atoms with E-state index in [-0.39, 0.29) is 13.1 Å². The van der Waals surface area contributed by atoms with Crippen LogP contribution in [0.1, 0.15) is 12.8 Å². The zero-order chi connectivity index (χ0) is 11.5. The van der Waals surface area contributed by atoms with Crippen molar-refractivity contribution in [3.05, 3.63) is 0 Å². The molecule has 1 aliphatic rings. The lowest BCUT2D eigenvalue weighted by molar-refractivity contribution is -0.142. The molecule has 0 atom stereocenters. The van der Waals surface area contributed by atoms with E-state index in [0.29, 0.717) is 12.8 Å². The Balaban J connectivity index is 2.59. The average Bonchev–Trinajstić information content (AvgIpc) is 2.18. The van der Waals surface area contributed by atoms with Crippen molar-refractivity contribution in [2.45, 2.75) is 12.8 Å². The Hall–Kier alpha value is -1.13. The van der Waals surface area contributed by atoms with Crippen LogP contribution in [0.3, 0.4) is 0 Å². The highest BCUT2D eigenvalue weighted by molar-refractivity contribution is 7.89. The van der Waals surface area contributed by atoms with Crippen LogP contribution in [0, 0.1) is 17.2 Å². The van der Waals surface area contributed by atoms with Crippen molar-refractivity contribution in [2.24, 2.45) is 5.92 Å². The first-order chi connectivity index (χ1) is 6.97. The van der Waals surface area contributed by atoms with Gasteiger partial charge < -0.3 is 5.11 Å². The topological polar surface area (TPSA) is 98.5 Å². The van der Waals surface area contributed by atoms with Gasteiger partial charge in [0.1, 0.15) is 0 Å². The van der Waals surface area contributed by atoms with Gasteiger partial charge in [-0.05, 0) is 12.8 Å². The highest BCUT2D eigenvalue weighted by Gasteiger charge is 2.30. The number of piperidine rings is 1. The van der Waals surface area contributed by atoms with Gasteiger partial charge in [-0.1, -0.05) is 0 Å². The number of sulfonamides is 1. The van der Waals surface area contributed by atoms with Crippen LogP contribution in [0.15, 0.2) is 0 Å². The van der Waals surface area contributed by atoms with Gasteiger partial charge in [0.05, 0.1) is 12.0 Å². The molecular weight excluding hydrogens is 220 g/mol. The van der Waals surface area contributed by atoms with Gasteiger partial charge in [-0.3, -0.25) is 4.79 Å². The predicted molar refractivity (Wildman–Crippen MR) is 51.3 cm³/mol. The Morgan fingerprint density at radius 1 is 1.47 bits per heavy atom. The number of carboxylic acid groups (broad SMARTS) is 1. The van der Waals surface area contributed by atoms with Crippen molar-refractivity contribution >= 4 is 16.0 Å². The molecule has 0 bridgehead atoms. The van der Waals surface area contributed by atoms with E-state index >= 15 is 0 Å². The van der Waals surface area contributed by atoms with E-state index in [1.807, 2.05) is 0 Å².